The quantitative estimate of drug-likeness (QED) is 0.297. The number of aldehydes is 1. The Bertz CT molecular complexity index is 816. The lowest BCUT2D eigenvalue weighted by molar-refractivity contribution is -0.109. The predicted molar refractivity (Wildman–Crippen MR) is 131 cm³/mol. The van der Waals surface area contributed by atoms with E-state index in [0.29, 0.717) is 17.9 Å². The van der Waals surface area contributed by atoms with Crippen LogP contribution in [0.15, 0.2) is 47.6 Å². The molecule has 1 aliphatic rings. The maximum Gasteiger partial charge on any atom is 0.199 e. The number of allylic oxidation sites excluding steroid dienone is 2. The summed E-state index contributed by atoms with van der Waals surface area (Å²) in [4.78, 5) is 11.6. The first-order valence-corrected chi connectivity index (χ1v) is 11.8. The zero-order chi connectivity index (χ0) is 24.3. The Hall–Kier alpha value is -2.47. The molecule has 1 aromatic rings. The minimum Gasteiger partial charge on any atom is -0.497 e. The summed E-state index contributed by atoms with van der Waals surface area (Å²) >= 11 is 0. The van der Waals surface area contributed by atoms with Gasteiger partial charge in [-0.3, -0.25) is 0 Å². The zero-order valence-corrected chi connectivity index (χ0v) is 21.1. The number of hydrogen-bond donors (Lipinski definition) is 1. The third-order valence-electron chi connectivity index (χ3n) is 6.77. The van der Waals surface area contributed by atoms with E-state index in [1.165, 1.54) is 5.56 Å². The lowest BCUT2D eigenvalue weighted by atomic mass is 9.60. The highest BCUT2D eigenvalue weighted by Crippen LogP contribution is 2.53. The molecule has 0 amide bonds. The van der Waals surface area contributed by atoms with Crippen LogP contribution in [0.5, 0.6) is 5.75 Å². The molecule has 0 spiro atoms. The summed E-state index contributed by atoms with van der Waals surface area (Å²) in [5.74, 6) is 3.19. The highest BCUT2D eigenvalue weighted by molar-refractivity contribution is 5.52. The number of ether oxygens (including phenoxy) is 4. The van der Waals surface area contributed by atoms with Gasteiger partial charge in [0.05, 0.1) is 28.4 Å². The Morgan fingerprint density at radius 3 is 2.39 bits per heavy atom. The number of benzene rings is 1. The molecule has 6 nitrogen and oxygen atoms in total. The third-order valence-corrected chi connectivity index (χ3v) is 6.77. The lowest BCUT2D eigenvalue weighted by Gasteiger charge is -2.46. The molecule has 2 unspecified atom stereocenters. The average Bonchev–Trinajstić information content (AvgIpc) is 2.83. The van der Waals surface area contributed by atoms with Gasteiger partial charge in [0.2, 0.25) is 0 Å². The van der Waals surface area contributed by atoms with Crippen molar-refractivity contribution in [3.63, 3.8) is 0 Å². The highest BCUT2D eigenvalue weighted by Gasteiger charge is 2.49. The molecule has 1 N–H and O–H groups in total. The van der Waals surface area contributed by atoms with Gasteiger partial charge in [0.15, 0.2) is 11.5 Å². The molecule has 1 aromatic carbocycles. The van der Waals surface area contributed by atoms with E-state index in [-0.39, 0.29) is 17.3 Å². The summed E-state index contributed by atoms with van der Waals surface area (Å²) < 4.78 is 22.5. The van der Waals surface area contributed by atoms with E-state index < -0.39 is 0 Å². The van der Waals surface area contributed by atoms with Crippen LogP contribution in [0, 0.1) is 17.3 Å². The highest BCUT2D eigenvalue weighted by atomic mass is 16.5. The van der Waals surface area contributed by atoms with Crippen molar-refractivity contribution in [1.29, 1.82) is 0 Å². The van der Waals surface area contributed by atoms with Crippen LogP contribution in [0.2, 0.25) is 0 Å². The van der Waals surface area contributed by atoms with Gasteiger partial charge >= 0.3 is 0 Å². The van der Waals surface area contributed by atoms with Gasteiger partial charge in [-0.1, -0.05) is 26.0 Å². The number of carbonyl (C=O) groups excluding carboxylic acids is 1. The topological polar surface area (TPSA) is 66.0 Å². The number of nitrogens with one attached hydrogen (secondary N) is 1. The fourth-order valence-electron chi connectivity index (χ4n) is 5.07. The molecule has 0 aliphatic heterocycles. The van der Waals surface area contributed by atoms with Crippen molar-refractivity contribution in [1.82, 2.24) is 5.32 Å². The second-order valence-corrected chi connectivity index (χ2v) is 8.81. The molecule has 184 valence electrons. The molecule has 0 fully saturated rings. The van der Waals surface area contributed by atoms with Crippen LogP contribution < -0.4 is 10.1 Å². The first-order valence-electron chi connectivity index (χ1n) is 11.8. The molecule has 1 aliphatic carbocycles. The first-order chi connectivity index (χ1) is 16.0. The van der Waals surface area contributed by atoms with Crippen LogP contribution in [0.3, 0.4) is 0 Å². The summed E-state index contributed by atoms with van der Waals surface area (Å²) in [6.45, 7) is 6.24. The van der Waals surface area contributed by atoms with Crippen LogP contribution in [0.1, 0.15) is 45.1 Å². The van der Waals surface area contributed by atoms with Gasteiger partial charge in [-0.05, 0) is 68.5 Å². The maximum absolute atomic E-state index is 11.6. The zero-order valence-electron chi connectivity index (χ0n) is 21.1. The van der Waals surface area contributed by atoms with Gasteiger partial charge < -0.3 is 29.1 Å². The Morgan fingerprint density at radius 1 is 1.03 bits per heavy atom. The molecule has 0 bridgehead atoms. The van der Waals surface area contributed by atoms with Crippen molar-refractivity contribution in [2.75, 3.05) is 41.5 Å². The molecular formula is C27H41NO5. The SMILES string of the molecule is COC1=CC(CC=O)C(CCCNCCCc2cccc(OC)c2)(C(C)C)C(OC)=C1OC. The van der Waals surface area contributed by atoms with Crippen LogP contribution in [-0.4, -0.2) is 47.8 Å². The number of hydrogen-bond acceptors (Lipinski definition) is 6. The molecule has 6 heteroatoms. The summed E-state index contributed by atoms with van der Waals surface area (Å²) in [7, 11) is 6.63. The number of aryl methyl sites for hydroxylation is 1. The van der Waals surface area contributed by atoms with Gasteiger partial charge in [0.1, 0.15) is 17.8 Å². The van der Waals surface area contributed by atoms with Crippen LogP contribution in [0.4, 0.5) is 0 Å². The molecule has 33 heavy (non-hydrogen) atoms. The fourth-order valence-corrected chi connectivity index (χ4v) is 5.07. The van der Waals surface area contributed by atoms with Gasteiger partial charge in [0.25, 0.3) is 0 Å². The van der Waals surface area contributed by atoms with Crippen molar-refractivity contribution in [2.24, 2.45) is 17.3 Å². The van der Waals surface area contributed by atoms with E-state index in [1.807, 2.05) is 18.2 Å². The molecule has 0 saturated heterocycles. The molecule has 2 atom stereocenters. The van der Waals surface area contributed by atoms with E-state index in [0.717, 1.165) is 56.6 Å². The van der Waals surface area contributed by atoms with Crippen LogP contribution in [0.25, 0.3) is 0 Å². The van der Waals surface area contributed by atoms with E-state index in [1.54, 1.807) is 28.4 Å². The van der Waals surface area contributed by atoms with E-state index in [2.05, 4.69) is 31.3 Å². The lowest BCUT2D eigenvalue weighted by Crippen LogP contribution is -2.42. The van der Waals surface area contributed by atoms with Crippen molar-refractivity contribution in [2.45, 2.75) is 46.0 Å². The largest absolute Gasteiger partial charge is 0.497 e. The average molecular weight is 460 g/mol. The Balaban J connectivity index is 2.01. The first kappa shape index (κ1) is 26.8. The molecule has 0 saturated carbocycles. The minimum absolute atomic E-state index is 0.00754. The van der Waals surface area contributed by atoms with Gasteiger partial charge in [0, 0.05) is 17.8 Å². The standard InChI is InChI=1S/C27H41NO5/c1-20(2)27(22(13-17-29)19-24(31-4)25(32-5)26(27)33-6)14-9-16-28-15-8-11-21-10-7-12-23(18-21)30-3/h7,10,12,17-20,22,28H,8-9,11,13-16H2,1-6H3. The molecule has 0 heterocycles. The third kappa shape index (κ3) is 6.32. The minimum atomic E-state index is -0.328. The monoisotopic (exact) mass is 459 g/mol. The van der Waals surface area contributed by atoms with Gasteiger partial charge in [-0.25, -0.2) is 0 Å². The normalized spacial score (nSPS) is 20.5. The van der Waals surface area contributed by atoms with Crippen LogP contribution >= 0.6 is 0 Å². The number of carbonyl (C=O) groups is 1. The molecular weight excluding hydrogens is 418 g/mol. The van der Waals surface area contributed by atoms with E-state index >= 15 is 0 Å². The summed E-state index contributed by atoms with van der Waals surface area (Å²) in [5, 5.41) is 3.58. The van der Waals surface area contributed by atoms with Gasteiger partial charge in [-0.2, -0.15) is 0 Å². The van der Waals surface area contributed by atoms with Crippen LogP contribution in [-0.2, 0) is 25.4 Å². The number of methoxy groups -OCH3 is 4. The second-order valence-electron chi connectivity index (χ2n) is 8.81. The molecule has 2 rings (SSSR count). The van der Waals surface area contributed by atoms with Crippen molar-refractivity contribution in [3.05, 3.63) is 53.2 Å². The van der Waals surface area contributed by atoms with Crippen molar-refractivity contribution < 1.29 is 23.7 Å². The Labute approximate surface area is 199 Å². The molecule has 0 aromatic heterocycles. The van der Waals surface area contributed by atoms with Crippen molar-refractivity contribution in [3.8, 4) is 5.75 Å². The van der Waals surface area contributed by atoms with Gasteiger partial charge in [-0.15, -0.1) is 0 Å². The predicted octanol–water partition coefficient (Wildman–Crippen LogP) is 4.89. The maximum atomic E-state index is 11.6. The van der Waals surface area contributed by atoms with E-state index in [9.17, 15) is 4.79 Å². The summed E-state index contributed by atoms with van der Waals surface area (Å²) in [6.07, 6.45) is 7.38. The smallest absolute Gasteiger partial charge is 0.199 e. The Kier molecular flexibility index (Phi) is 10.8. The fraction of sp³-hybridized carbons (Fsp3) is 0.593. The Morgan fingerprint density at radius 2 is 1.79 bits per heavy atom. The number of rotatable bonds is 15. The van der Waals surface area contributed by atoms with E-state index in [4.69, 9.17) is 18.9 Å². The molecule has 0 radical (unpaired) electrons. The second kappa shape index (κ2) is 13.3. The van der Waals surface area contributed by atoms with Crippen molar-refractivity contribution >= 4 is 6.29 Å². The summed E-state index contributed by atoms with van der Waals surface area (Å²) in [5.41, 5.74) is 0.960. The summed E-state index contributed by atoms with van der Waals surface area (Å²) in [6, 6.07) is 8.23.